The molecule has 38 heavy (non-hydrogen) atoms. The van der Waals surface area contributed by atoms with Gasteiger partial charge in [0.05, 0.1) is 5.52 Å². The lowest BCUT2D eigenvalue weighted by Gasteiger charge is -2.22. The van der Waals surface area contributed by atoms with Crippen molar-refractivity contribution in [3.05, 3.63) is 96.1 Å². The molecule has 4 aromatic rings. The molecular formula is C28H29N5O4S. The third-order valence-corrected chi connectivity index (χ3v) is 6.53. The van der Waals surface area contributed by atoms with Gasteiger partial charge in [-0.15, -0.1) is 5.10 Å². The lowest BCUT2D eigenvalue weighted by molar-refractivity contribution is -0.123. The highest BCUT2D eigenvalue weighted by Gasteiger charge is 2.29. The highest BCUT2D eigenvalue weighted by molar-refractivity contribution is 7.98. The van der Waals surface area contributed by atoms with Crippen molar-refractivity contribution in [1.82, 2.24) is 25.6 Å². The summed E-state index contributed by atoms with van der Waals surface area (Å²) >= 11 is 1.56. The van der Waals surface area contributed by atoms with Gasteiger partial charge in [0, 0.05) is 6.42 Å². The Morgan fingerprint density at radius 1 is 0.868 bits per heavy atom. The molecule has 2 unspecified atom stereocenters. The fourth-order valence-electron chi connectivity index (χ4n) is 3.91. The van der Waals surface area contributed by atoms with E-state index in [1.807, 2.05) is 73.0 Å². The van der Waals surface area contributed by atoms with Crippen LogP contribution in [0.4, 0.5) is 4.79 Å². The number of para-hydroxylation sites is 1. The predicted octanol–water partition coefficient (Wildman–Crippen LogP) is 3.85. The number of rotatable bonds is 11. The molecule has 1 aromatic heterocycles. The van der Waals surface area contributed by atoms with Crippen molar-refractivity contribution in [2.75, 3.05) is 12.0 Å². The number of nitrogens with one attached hydrogen (secondary N) is 2. The molecule has 0 aliphatic carbocycles. The van der Waals surface area contributed by atoms with Gasteiger partial charge in [-0.25, -0.2) is 4.79 Å². The second kappa shape index (κ2) is 13.4. The van der Waals surface area contributed by atoms with E-state index in [0.717, 1.165) is 11.1 Å². The maximum atomic E-state index is 13.5. The van der Waals surface area contributed by atoms with Crippen molar-refractivity contribution in [3.63, 3.8) is 0 Å². The molecule has 0 saturated heterocycles. The summed E-state index contributed by atoms with van der Waals surface area (Å²) in [5.74, 6) is -0.250. The van der Waals surface area contributed by atoms with Crippen LogP contribution in [0.5, 0.6) is 0 Å². The molecule has 0 aliphatic heterocycles. The van der Waals surface area contributed by atoms with E-state index in [0.29, 0.717) is 23.2 Å². The Kier molecular flexibility index (Phi) is 9.47. The summed E-state index contributed by atoms with van der Waals surface area (Å²) in [5, 5.41) is 13.6. The van der Waals surface area contributed by atoms with Gasteiger partial charge in [-0.3, -0.25) is 9.59 Å². The topological polar surface area (TPSA) is 115 Å². The van der Waals surface area contributed by atoms with Crippen LogP contribution in [-0.4, -0.2) is 57.0 Å². The van der Waals surface area contributed by atoms with Gasteiger partial charge in [0.2, 0.25) is 5.91 Å². The van der Waals surface area contributed by atoms with Crippen LogP contribution < -0.4 is 10.6 Å². The van der Waals surface area contributed by atoms with Crippen LogP contribution in [-0.2, 0) is 22.6 Å². The standard InChI is InChI=1S/C28H29N5O4S/c1-38-17-16-23(27(35)33-25-15-9-8-14-22(25)31-32-33)29-26(34)24(18-20-10-4-2-5-11-20)30-28(36)37-19-21-12-6-3-7-13-21/h2-15,23-24H,16-19H2,1H3,(H,29,34)(H,30,36). The van der Waals surface area contributed by atoms with Crippen LogP contribution in [0.15, 0.2) is 84.9 Å². The van der Waals surface area contributed by atoms with E-state index >= 15 is 0 Å². The van der Waals surface area contributed by atoms with Crippen molar-refractivity contribution in [2.45, 2.75) is 31.5 Å². The lowest BCUT2D eigenvalue weighted by Crippen LogP contribution is -2.53. The number of thioether (sulfide) groups is 1. The number of hydrogen-bond acceptors (Lipinski definition) is 7. The molecule has 0 radical (unpaired) electrons. The summed E-state index contributed by atoms with van der Waals surface area (Å²) in [7, 11) is 0. The monoisotopic (exact) mass is 531 g/mol. The van der Waals surface area contributed by atoms with Crippen LogP contribution in [0.25, 0.3) is 11.0 Å². The van der Waals surface area contributed by atoms with Gasteiger partial charge in [-0.2, -0.15) is 16.4 Å². The number of aromatic nitrogens is 3. The average Bonchev–Trinajstić information content (AvgIpc) is 3.38. The Morgan fingerprint density at radius 2 is 1.53 bits per heavy atom. The molecule has 196 valence electrons. The van der Waals surface area contributed by atoms with Gasteiger partial charge < -0.3 is 15.4 Å². The number of benzene rings is 3. The smallest absolute Gasteiger partial charge is 0.408 e. The van der Waals surface area contributed by atoms with Gasteiger partial charge in [0.25, 0.3) is 5.91 Å². The zero-order valence-corrected chi connectivity index (χ0v) is 21.8. The number of carbonyl (C=O) groups is 3. The number of amides is 2. The molecular weight excluding hydrogens is 502 g/mol. The Labute approximate surface area is 224 Å². The quantitative estimate of drug-likeness (QED) is 0.302. The summed E-state index contributed by atoms with van der Waals surface area (Å²) in [6.07, 6.45) is 1.81. The molecule has 1 heterocycles. The molecule has 3 aromatic carbocycles. The summed E-state index contributed by atoms with van der Waals surface area (Å²) in [6.45, 7) is 0.0700. The first-order chi connectivity index (χ1) is 18.5. The van der Waals surface area contributed by atoms with Gasteiger partial charge in [0.1, 0.15) is 24.2 Å². The van der Waals surface area contributed by atoms with E-state index in [1.165, 1.54) is 4.68 Å². The zero-order valence-electron chi connectivity index (χ0n) is 20.9. The Balaban J connectivity index is 1.50. The van der Waals surface area contributed by atoms with Crippen LogP contribution in [0.2, 0.25) is 0 Å². The van der Waals surface area contributed by atoms with Gasteiger partial charge in [-0.1, -0.05) is 78.0 Å². The lowest BCUT2D eigenvalue weighted by atomic mass is 10.0. The van der Waals surface area contributed by atoms with Crippen LogP contribution >= 0.6 is 11.8 Å². The van der Waals surface area contributed by atoms with E-state index in [9.17, 15) is 14.4 Å². The molecule has 2 atom stereocenters. The van der Waals surface area contributed by atoms with Crippen molar-refractivity contribution in [2.24, 2.45) is 0 Å². The van der Waals surface area contributed by atoms with E-state index < -0.39 is 30.0 Å². The highest BCUT2D eigenvalue weighted by atomic mass is 32.2. The molecule has 4 rings (SSSR count). The maximum Gasteiger partial charge on any atom is 0.408 e. The SMILES string of the molecule is CSCCC(NC(=O)C(Cc1ccccc1)NC(=O)OCc1ccccc1)C(=O)n1nnc2ccccc21. The van der Waals surface area contributed by atoms with Crippen molar-refractivity contribution in [3.8, 4) is 0 Å². The van der Waals surface area contributed by atoms with Gasteiger partial charge in [-0.05, 0) is 41.7 Å². The highest BCUT2D eigenvalue weighted by Crippen LogP contribution is 2.13. The first-order valence-corrected chi connectivity index (χ1v) is 13.6. The fraction of sp³-hybridized carbons (Fsp3) is 0.250. The molecule has 10 heteroatoms. The first kappa shape index (κ1) is 26.9. The Morgan fingerprint density at radius 3 is 2.24 bits per heavy atom. The van der Waals surface area contributed by atoms with Crippen LogP contribution in [0, 0.1) is 0 Å². The van der Waals surface area contributed by atoms with E-state index in [1.54, 1.807) is 30.0 Å². The molecule has 0 aliphatic rings. The number of carbonyl (C=O) groups excluding carboxylic acids is 3. The first-order valence-electron chi connectivity index (χ1n) is 12.2. The second-order valence-corrected chi connectivity index (χ2v) is 9.60. The maximum absolute atomic E-state index is 13.5. The van der Waals surface area contributed by atoms with Crippen molar-refractivity contribution < 1.29 is 19.1 Å². The molecule has 0 fully saturated rings. The molecule has 0 saturated carbocycles. The third-order valence-electron chi connectivity index (χ3n) is 5.89. The third kappa shape index (κ3) is 7.19. The largest absolute Gasteiger partial charge is 0.445 e. The van der Waals surface area contributed by atoms with E-state index in [4.69, 9.17) is 4.74 Å². The summed E-state index contributed by atoms with van der Waals surface area (Å²) < 4.78 is 6.56. The minimum Gasteiger partial charge on any atom is -0.445 e. The normalized spacial score (nSPS) is 12.4. The minimum absolute atomic E-state index is 0.0700. The van der Waals surface area contributed by atoms with Crippen LogP contribution in [0.1, 0.15) is 22.3 Å². The molecule has 0 spiro atoms. The number of fused-ring (bicyclic) bond motifs is 1. The number of ether oxygens (including phenoxy) is 1. The summed E-state index contributed by atoms with van der Waals surface area (Å²) in [6, 6.07) is 23.9. The summed E-state index contributed by atoms with van der Waals surface area (Å²) in [4.78, 5) is 39.6. The second-order valence-electron chi connectivity index (χ2n) is 8.62. The molecule has 2 N–H and O–H groups in total. The Hall–Kier alpha value is -4.18. The molecule has 9 nitrogen and oxygen atoms in total. The average molecular weight is 532 g/mol. The number of alkyl carbamates (subject to hydrolysis) is 1. The number of hydrogen-bond donors (Lipinski definition) is 2. The predicted molar refractivity (Wildman–Crippen MR) is 147 cm³/mol. The van der Waals surface area contributed by atoms with E-state index in [2.05, 4.69) is 20.9 Å². The summed E-state index contributed by atoms with van der Waals surface area (Å²) in [5.41, 5.74) is 2.82. The molecule has 2 amide bonds. The molecule has 0 bridgehead atoms. The van der Waals surface area contributed by atoms with Crippen molar-refractivity contribution >= 4 is 40.7 Å². The van der Waals surface area contributed by atoms with Gasteiger partial charge in [0.15, 0.2) is 0 Å². The fourth-order valence-corrected chi connectivity index (χ4v) is 4.38. The van der Waals surface area contributed by atoms with E-state index in [-0.39, 0.29) is 13.0 Å². The zero-order chi connectivity index (χ0) is 26.7. The van der Waals surface area contributed by atoms with Crippen LogP contribution in [0.3, 0.4) is 0 Å². The van der Waals surface area contributed by atoms with Crippen molar-refractivity contribution in [1.29, 1.82) is 0 Å². The Bertz CT molecular complexity index is 1360. The number of nitrogens with zero attached hydrogens (tertiary/aromatic N) is 3. The minimum atomic E-state index is -0.960. The van der Waals surface area contributed by atoms with Gasteiger partial charge >= 0.3 is 6.09 Å².